The molecule has 0 aliphatic heterocycles. The molecule has 2 aromatic carbocycles. The highest BCUT2D eigenvalue weighted by Crippen LogP contribution is 2.20. The summed E-state index contributed by atoms with van der Waals surface area (Å²) in [6.45, 7) is 1.71. The molecule has 0 saturated heterocycles. The fraction of sp³-hybridized carbons (Fsp3) is 0.0556. The van der Waals surface area contributed by atoms with Gasteiger partial charge in [0.2, 0.25) is 5.95 Å². The molecule has 0 aliphatic rings. The molecule has 0 spiro atoms. The molecule has 3 aromatic rings. The number of hydrogen-bond acceptors (Lipinski definition) is 4. The number of amides is 1. The fourth-order valence-electron chi connectivity index (χ4n) is 2.17. The molecule has 0 saturated carbocycles. The van der Waals surface area contributed by atoms with Crippen molar-refractivity contribution in [2.24, 2.45) is 0 Å². The highest BCUT2D eigenvalue weighted by molar-refractivity contribution is 6.31. The van der Waals surface area contributed by atoms with E-state index in [1.54, 1.807) is 6.92 Å². The first-order valence-electron chi connectivity index (χ1n) is 7.55. The monoisotopic (exact) mass is 374 g/mol. The van der Waals surface area contributed by atoms with Crippen LogP contribution in [-0.2, 0) is 0 Å². The number of nitrogens with one attached hydrogen (secondary N) is 2. The lowest BCUT2D eigenvalue weighted by Crippen LogP contribution is -2.15. The molecule has 3 rings (SSSR count). The van der Waals surface area contributed by atoms with Crippen molar-refractivity contribution >= 4 is 34.8 Å². The van der Waals surface area contributed by atoms with E-state index in [0.717, 1.165) is 6.07 Å². The number of halogens is 3. The molecule has 132 valence electrons. The van der Waals surface area contributed by atoms with Gasteiger partial charge in [-0.15, -0.1) is 0 Å². The molecule has 0 bridgehead atoms. The van der Waals surface area contributed by atoms with E-state index >= 15 is 0 Å². The summed E-state index contributed by atoms with van der Waals surface area (Å²) in [4.78, 5) is 20.7. The van der Waals surface area contributed by atoms with E-state index < -0.39 is 11.7 Å². The molecule has 1 heterocycles. The third-order valence-corrected chi connectivity index (χ3v) is 3.65. The number of rotatable bonds is 4. The molecule has 0 radical (unpaired) electrons. The van der Waals surface area contributed by atoms with Crippen LogP contribution in [0.15, 0.2) is 48.5 Å². The Labute approximate surface area is 153 Å². The van der Waals surface area contributed by atoms with Crippen molar-refractivity contribution in [2.75, 3.05) is 10.6 Å². The maximum atomic E-state index is 13.2. The molecule has 26 heavy (non-hydrogen) atoms. The van der Waals surface area contributed by atoms with Crippen LogP contribution in [0.1, 0.15) is 16.2 Å². The quantitative estimate of drug-likeness (QED) is 0.694. The van der Waals surface area contributed by atoms with E-state index in [1.165, 1.54) is 42.5 Å². The summed E-state index contributed by atoms with van der Waals surface area (Å²) in [5, 5.41) is 5.41. The van der Waals surface area contributed by atoms with Crippen molar-refractivity contribution < 1.29 is 13.6 Å². The summed E-state index contributed by atoms with van der Waals surface area (Å²) in [6.07, 6.45) is 0. The average Bonchev–Trinajstić information content (AvgIpc) is 2.60. The molecule has 1 aromatic heterocycles. The fourth-order valence-corrected chi connectivity index (χ4v) is 2.35. The highest BCUT2D eigenvalue weighted by atomic mass is 35.5. The zero-order chi connectivity index (χ0) is 18.7. The average molecular weight is 375 g/mol. The van der Waals surface area contributed by atoms with Crippen LogP contribution in [0.3, 0.4) is 0 Å². The van der Waals surface area contributed by atoms with Crippen LogP contribution in [0.4, 0.5) is 26.1 Å². The Balaban J connectivity index is 1.80. The van der Waals surface area contributed by atoms with Gasteiger partial charge in [-0.3, -0.25) is 4.79 Å². The number of aromatic nitrogens is 2. The number of carbonyl (C=O) groups excluding carboxylic acids is 1. The minimum Gasteiger partial charge on any atom is -0.324 e. The van der Waals surface area contributed by atoms with Crippen molar-refractivity contribution in [1.29, 1.82) is 0 Å². The minimum absolute atomic E-state index is 0.0969. The summed E-state index contributed by atoms with van der Waals surface area (Å²) in [7, 11) is 0. The minimum atomic E-state index is -0.576. The molecular formula is C18H13ClF2N4O. The van der Waals surface area contributed by atoms with Crippen LogP contribution < -0.4 is 10.6 Å². The van der Waals surface area contributed by atoms with Gasteiger partial charge in [0.25, 0.3) is 5.91 Å². The van der Waals surface area contributed by atoms with Gasteiger partial charge >= 0.3 is 0 Å². The third-order valence-electron chi connectivity index (χ3n) is 3.36. The lowest BCUT2D eigenvalue weighted by Gasteiger charge is -2.09. The Kier molecular flexibility index (Phi) is 5.09. The van der Waals surface area contributed by atoms with Crippen molar-refractivity contribution in [3.63, 3.8) is 0 Å². The lowest BCUT2D eigenvalue weighted by molar-refractivity contribution is 0.102. The molecule has 1 amide bonds. The standard InChI is InChI=1S/C18H13ClF2N4O/c1-10-8-16(17(26)23-13-6-7-15(21)14(19)9-13)25-18(22-10)24-12-4-2-11(20)3-5-12/h2-9H,1H3,(H,23,26)(H,22,24,25). The first-order chi connectivity index (χ1) is 12.4. The summed E-state index contributed by atoms with van der Waals surface area (Å²) in [5.74, 6) is -1.24. The normalized spacial score (nSPS) is 10.5. The lowest BCUT2D eigenvalue weighted by atomic mass is 10.2. The van der Waals surface area contributed by atoms with E-state index in [0.29, 0.717) is 17.1 Å². The molecule has 8 heteroatoms. The van der Waals surface area contributed by atoms with Crippen LogP contribution in [0, 0.1) is 18.6 Å². The maximum Gasteiger partial charge on any atom is 0.274 e. The molecule has 0 aliphatic carbocycles. The Morgan fingerprint density at radius 3 is 2.38 bits per heavy atom. The van der Waals surface area contributed by atoms with Crippen molar-refractivity contribution in [3.05, 3.63) is 76.6 Å². The van der Waals surface area contributed by atoms with Crippen LogP contribution in [0.5, 0.6) is 0 Å². The van der Waals surface area contributed by atoms with Gasteiger partial charge in [-0.1, -0.05) is 11.6 Å². The first-order valence-corrected chi connectivity index (χ1v) is 7.93. The van der Waals surface area contributed by atoms with E-state index in [4.69, 9.17) is 11.6 Å². The van der Waals surface area contributed by atoms with Gasteiger partial charge < -0.3 is 10.6 Å². The number of carbonyl (C=O) groups is 1. The van der Waals surface area contributed by atoms with E-state index in [2.05, 4.69) is 20.6 Å². The molecule has 0 fully saturated rings. The predicted octanol–water partition coefficient (Wildman–Crippen LogP) is 4.71. The molecule has 2 N–H and O–H groups in total. The first kappa shape index (κ1) is 17.8. The van der Waals surface area contributed by atoms with Crippen LogP contribution in [0.25, 0.3) is 0 Å². The zero-order valence-corrected chi connectivity index (χ0v) is 14.3. The SMILES string of the molecule is Cc1cc(C(=O)Nc2ccc(F)c(Cl)c2)nc(Nc2ccc(F)cc2)n1. The van der Waals surface area contributed by atoms with E-state index in [-0.39, 0.29) is 22.5 Å². The zero-order valence-electron chi connectivity index (χ0n) is 13.6. The summed E-state index contributed by atoms with van der Waals surface area (Å²) < 4.78 is 26.2. The Hall–Kier alpha value is -3.06. The van der Waals surface area contributed by atoms with Gasteiger partial charge in [0.15, 0.2) is 0 Å². The Morgan fingerprint density at radius 2 is 1.69 bits per heavy atom. The summed E-state index contributed by atoms with van der Waals surface area (Å²) in [6, 6.07) is 11.0. The summed E-state index contributed by atoms with van der Waals surface area (Å²) >= 11 is 5.71. The second-order valence-electron chi connectivity index (χ2n) is 5.43. The van der Waals surface area contributed by atoms with Gasteiger partial charge in [0.1, 0.15) is 17.3 Å². The molecule has 5 nitrogen and oxygen atoms in total. The Bertz CT molecular complexity index is 964. The second kappa shape index (κ2) is 7.45. The van der Waals surface area contributed by atoms with E-state index in [1.807, 2.05) is 0 Å². The van der Waals surface area contributed by atoms with Gasteiger partial charge in [-0.25, -0.2) is 18.7 Å². The van der Waals surface area contributed by atoms with Crippen molar-refractivity contribution in [2.45, 2.75) is 6.92 Å². The largest absolute Gasteiger partial charge is 0.324 e. The highest BCUT2D eigenvalue weighted by Gasteiger charge is 2.12. The van der Waals surface area contributed by atoms with E-state index in [9.17, 15) is 13.6 Å². The molecule has 0 atom stereocenters. The van der Waals surface area contributed by atoms with Crippen LogP contribution in [0.2, 0.25) is 5.02 Å². The maximum absolute atomic E-state index is 13.2. The molecule has 0 unspecified atom stereocenters. The van der Waals surface area contributed by atoms with Gasteiger partial charge in [-0.2, -0.15) is 0 Å². The topological polar surface area (TPSA) is 66.9 Å². The number of nitrogens with zero attached hydrogens (tertiary/aromatic N) is 2. The van der Waals surface area contributed by atoms with Gasteiger partial charge in [0.05, 0.1) is 5.02 Å². The number of hydrogen-bond donors (Lipinski definition) is 2. The number of anilines is 3. The van der Waals surface area contributed by atoms with Crippen LogP contribution in [-0.4, -0.2) is 15.9 Å². The second-order valence-corrected chi connectivity index (χ2v) is 5.84. The Morgan fingerprint density at radius 1 is 1.00 bits per heavy atom. The number of aryl methyl sites for hydroxylation is 1. The third kappa shape index (κ3) is 4.31. The molecular weight excluding hydrogens is 362 g/mol. The number of benzene rings is 2. The predicted molar refractivity (Wildman–Crippen MR) is 95.8 cm³/mol. The van der Waals surface area contributed by atoms with Gasteiger partial charge in [-0.05, 0) is 55.5 Å². The van der Waals surface area contributed by atoms with Crippen molar-refractivity contribution in [3.8, 4) is 0 Å². The van der Waals surface area contributed by atoms with Crippen LogP contribution >= 0.6 is 11.6 Å². The van der Waals surface area contributed by atoms with Gasteiger partial charge in [0, 0.05) is 17.1 Å². The summed E-state index contributed by atoms with van der Waals surface area (Å²) in [5.41, 5.74) is 1.59. The smallest absolute Gasteiger partial charge is 0.274 e. The van der Waals surface area contributed by atoms with Crippen molar-refractivity contribution in [1.82, 2.24) is 9.97 Å².